The van der Waals surface area contributed by atoms with Gasteiger partial charge in [0, 0.05) is 25.2 Å². The Morgan fingerprint density at radius 3 is 2.94 bits per heavy atom. The van der Waals surface area contributed by atoms with Crippen LogP contribution in [0.4, 0.5) is 4.39 Å². The molecule has 0 saturated carbocycles. The molecule has 1 heterocycles. The zero-order chi connectivity index (χ0) is 13.1. The van der Waals surface area contributed by atoms with Crippen molar-refractivity contribution in [1.29, 1.82) is 0 Å². The SMILES string of the molecule is Cn1ccnc1SCc1ccc(F)c(C(=O)O)c1. The van der Waals surface area contributed by atoms with Crippen molar-refractivity contribution in [3.8, 4) is 0 Å². The number of aromatic carboxylic acids is 1. The van der Waals surface area contributed by atoms with Gasteiger partial charge in [0.2, 0.25) is 0 Å². The lowest BCUT2D eigenvalue weighted by atomic mass is 10.1. The lowest BCUT2D eigenvalue weighted by molar-refractivity contribution is 0.0692. The molecule has 0 unspecified atom stereocenters. The number of rotatable bonds is 4. The van der Waals surface area contributed by atoms with Gasteiger partial charge < -0.3 is 9.67 Å². The molecule has 0 saturated heterocycles. The zero-order valence-corrected chi connectivity index (χ0v) is 10.4. The fourth-order valence-electron chi connectivity index (χ4n) is 1.46. The molecule has 6 heteroatoms. The van der Waals surface area contributed by atoms with Gasteiger partial charge in [0.05, 0.1) is 5.56 Å². The molecule has 0 aliphatic heterocycles. The number of nitrogens with zero attached hydrogens (tertiary/aromatic N) is 2. The van der Waals surface area contributed by atoms with Gasteiger partial charge in [0.1, 0.15) is 5.82 Å². The van der Waals surface area contributed by atoms with Crippen LogP contribution >= 0.6 is 11.8 Å². The number of carbonyl (C=O) groups is 1. The predicted octanol–water partition coefficient (Wildman–Crippen LogP) is 2.55. The highest BCUT2D eigenvalue weighted by Gasteiger charge is 2.11. The summed E-state index contributed by atoms with van der Waals surface area (Å²) < 4.78 is 15.1. The minimum Gasteiger partial charge on any atom is -0.478 e. The van der Waals surface area contributed by atoms with E-state index in [4.69, 9.17) is 5.11 Å². The van der Waals surface area contributed by atoms with E-state index in [1.165, 1.54) is 23.9 Å². The molecule has 1 N–H and O–H groups in total. The minimum absolute atomic E-state index is 0.298. The zero-order valence-electron chi connectivity index (χ0n) is 9.63. The Morgan fingerprint density at radius 1 is 1.56 bits per heavy atom. The number of halogens is 1. The van der Waals surface area contributed by atoms with Crippen molar-refractivity contribution in [3.05, 3.63) is 47.5 Å². The first-order chi connectivity index (χ1) is 8.58. The lowest BCUT2D eigenvalue weighted by Crippen LogP contribution is -2.01. The maximum absolute atomic E-state index is 13.2. The molecule has 0 radical (unpaired) electrons. The van der Waals surface area contributed by atoms with Crippen LogP contribution in [0, 0.1) is 5.82 Å². The van der Waals surface area contributed by atoms with Crippen molar-refractivity contribution in [2.24, 2.45) is 7.05 Å². The van der Waals surface area contributed by atoms with Crippen molar-refractivity contribution < 1.29 is 14.3 Å². The van der Waals surface area contributed by atoms with E-state index in [0.717, 1.165) is 10.7 Å². The van der Waals surface area contributed by atoms with Crippen molar-refractivity contribution >= 4 is 17.7 Å². The van der Waals surface area contributed by atoms with Gasteiger partial charge in [-0.25, -0.2) is 14.2 Å². The van der Waals surface area contributed by atoms with E-state index in [0.29, 0.717) is 5.75 Å². The summed E-state index contributed by atoms with van der Waals surface area (Å²) in [5.74, 6) is -1.42. The summed E-state index contributed by atoms with van der Waals surface area (Å²) >= 11 is 1.47. The van der Waals surface area contributed by atoms with Crippen LogP contribution in [-0.4, -0.2) is 20.6 Å². The average Bonchev–Trinajstić information content (AvgIpc) is 2.73. The van der Waals surface area contributed by atoms with Crippen LogP contribution in [0.25, 0.3) is 0 Å². The predicted molar refractivity (Wildman–Crippen MR) is 66.1 cm³/mol. The first-order valence-electron chi connectivity index (χ1n) is 5.20. The second kappa shape index (κ2) is 5.22. The van der Waals surface area contributed by atoms with Crippen LogP contribution in [0.2, 0.25) is 0 Å². The van der Waals surface area contributed by atoms with Gasteiger partial charge in [-0.05, 0) is 17.7 Å². The highest BCUT2D eigenvalue weighted by atomic mass is 32.2. The topological polar surface area (TPSA) is 55.1 Å². The van der Waals surface area contributed by atoms with Crippen LogP contribution in [0.5, 0.6) is 0 Å². The fourth-order valence-corrected chi connectivity index (χ4v) is 2.34. The molecular weight excluding hydrogens is 255 g/mol. The Labute approximate surface area is 107 Å². The summed E-state index contributed by atoms with van der Waals surface area (Å²) in [4.78, 5) is 14.9. The summed E-state index contributed by atoms with van der Waals surface area (Å²) in [5.41, 5.74) is 0.453. The second-order valence-corrected chi connectivity index (χ2v) is 4.67. The van der Waals surface area contributed by atoms with Crippen molar-refractivity contribution in [3.63, 3.8) is 0 Å². The van der Waals surface area contributed by atoms with Gasteiger partial charge in [-0.1, -0.05) is 17.8 Å². The van der Waals surface area contributed by atoms with E-state index in [1.54, 1.807) is 12.3 Å². The molecule has 2 aromatic rings. The number of aryl methyl sites for hydroxylation is 1. The Bertz CT molecular complexity index is 583. The first kappa shape index (κ1) is 12.6. The molecule has 94 valence electrons. The average molecular weight is 266 g/mol. The number of benzene rings is 1. The quantitative estimate of drug-likeness (QED) is 0.864. The normalized spacial score (nSPS) is 10.6. The molecule has 2 rings (SSSR count). The number of hydrogen-bond donors (Lipinski definition) is 1. The van der Waals surface area contributed by atoms with Gasteiger partial charge in [-0.2, -0.15) is 0 Å². The molecule has 0 bridgehead atoms. The highest BCUT2D eigenvalue weighted by Crippen LogP contribution is 2.21. The Hall–Kier alpha value is -1.82. The molecule has 1 aromatic carbocycles. The van der Waals surface area contributed by atoms with Gasteiger partial charge in [0.25, 0.3) is 0 Å². The Kier molecular flexibility index (Phi) is 3.66. The fraction of sp³-hybridized carbons (Fsp3) is 0.167. The molecule has 18 heavy (non-hydrogen) atoms. The van der Waals surface area contributed by atoms with Gasteiger partial charge >= 0.3 is 5.97 Å². The van der Waals surface area contributed by atoms with Crippen LogP contribution in [-0.2, 0) is 12.8 Å². The van der Waals surface area contributed by atoms with Crippen LogP contribution in [0.3, 0.4) is 0 Å². The monoisotopic (exact) mass is 266 g/mol. The molecule has 0 spiro atoms. The number of carboxylic acid groups (broad SMARTS) is 1. The van der Waals surface area contributed by atoms with Gasteiger partial charge in [-0.15, -0.1) is 0 Å². The number of hydrogen-bond acceptors (Lipinski definition) is 3. The molecule has 0 aliphatic carbocycles. The van der Waals surface area contributed by atoms with Crippen LogP contribution < -0.4 is 0 Å². The van der Waals surface area contributed by atoms with Crippen molar-refractivity contribution in [1.82, 2.24) is 9.55 Å². The summed E-state index contributed by atoms with van der Waals surface area (Å²) in [6.45, 7) is 0. The Balaban J connectivity index is 2.13. The van der Waals surface area contributed by atoms with Crippen molar-refractivity contribution in [2.75, 3.05) is 0 Å². The summed E-state index contributed by atoms with van der Waals surface area (Å²) in [5, 5.41) is 9.65. The molecular formula is C12H11FN2O2S. The van der Waals surface area contributed by atoms with E-state index in [-0.39, 0.29) is 5.56 Å². The maximum atomic E-state index is 13.2. The third kappa shape index (κ3) is 2.70. The molecule has 1 aromatic heterocycles. The molecule has 0 aliphatic rings. The third-order valence-electron chi connectivity index (χ3n) is 2.41. The lowest BCUT2D eigenvalue weighted by Gasteiger charge is -2.04. The summed E-state index contributed by atoms with van der Waals surface area (Å²) in [6, 6.07) is 4.11. The standard InChI is InChI=1S/C12H11FN2O2S/c1-15-5-4-14-12(15)18-7-8-2-3-10(13)9(6-8)11(16)17/h2-6H,7H2,1H3,(H,16,17). The number of thioether (sulfide) groups is 1. The van der Waals surface area contributed by atoms with Crippen LogP contribution in [0.15, 0.2) is 35.7 Å². The number of carboxylic acids is 1. The third-order valence-corrected chi connectivity index (χ3v) is 3.54. The smallest absolute Gasteiger partial charge is 0.338 e. The summed E-state index contributed by atoms with van der Waals surface area (Å²) in [7, 11) is 1.88. The highest BCUT2D eigenvalue weighted by molar-refractivity contribution is 7.98. The molecule has 4 nitrogen and oxygen atoms in total. The first-order valence-corrected chi connectivity index (χ1v) is 6.18. The molecule has 0 fully saturated rings. The maximum Gasteiger partial charge on any atom is 0.338 e. The van der Waals surface area contributed by atoms with Gasteiger partial charge in [0.15, 0.2) is 5.16 Å². The number of aromatic nitrogens is 2. The van der Waals surface area contributed by atoms with E-state index in [1.807, 2.05) is 17.8 Å². The second-order valence-electron chi connectivity index (χ2n) is 3.73. The minimum atomic E-state index is -1.25. The molecule has 0 amide bonds. The number of imidazole rings is 1. The Morgan fingerprint density at radius 2 is 2.33 bits per heavy atom. The van der Waals surface area contributed by atoms with Gasteiger partial charge in [-0.3, -0.25) is 0 Å². The van der Waals surface area contributed by atoms with Crippen LogP contribution in [0.1, 0.15) is 15.9 Å². The largest absolute Gasteiger partial charge is 0.478 e. The van der Waals surface area contributed by atoms with E-state index < -0.39 is 11.8 Å². The van der Waals surface area contributed by atoms with Crippen molar-refractivity contribution in [2.45, 2.75) is 10.9 Å². The molecule has 0 atom stereocenters. The van der Waals surface area contributed by atoms with E-state index in [9.17, 15) is 9.18 Å². The van der Waals surface area contributed by atoms with E-state index >= 15 is 0 Å². The van der Waals surface area contributed by atoms with E-state index in [2.05, 4.69) is 4.98 Å². The summed E-state index contributed by atoms with van der Waals surface area (Å²) in [6.07, 6.45) is 3.52.